The van der Waals surface area contributed by atoms with Gasteiger partial charge in [0.25, 0.3) is 0 Å². The van der Waals surface area contributed by atoms with Crippen LogP contribution in [0.3, 0.4) is 0 Å². The average Bonchev–Trinajstić information content (AvgIpc) is 3.26. The molecule has 23 heavy (non-hydrogen) atoms. The van der Waals surface area contributed by atoms with Crippen molar-refractivity contribution in [2.24, 2.45) is 35.5 Å². The van der Waals surface area contributed by atoms with Crippen molar-refractivity contribution in [2.45, 2.75) is 78.3 Å². The Balaban J connectivity index is 1.79. The fourth-order valence-electron chi connectivity index (χ4n) is 4.44. The van der Waals surface area contributed by atoms with Gasteiger partial charge < -0.3 is 0 Å². The maximum atomic E-state index is 13.5. The Morgan fingerprint density at radius 3 is 2.39 bits per heavy atom. The smallest absolute Gasteiger partial charge is 0.171 e. The Morgan fingerprint density at radius 2 is 1.78 bits per heavy atom. The molecule has 0 aromatic rings. The van der Waals surface area contributed by atoms with E-state index < -0.39 is 12.1 Å². The molecule has 1 saturated carbocycles. The second-order valence-electron chi connectivity index (χ2n) is 8.26. The molecule has 0 heterocycles. The van der Waals surface area contributed by atoms with Crippen LogP contribution in [0.4, 0.5) is 13.2 Å². The normalized spacial score (nSPS) is 29.8. The molecule has 0 bridgehead atoms. The van der Waals surface area contributed by atoms with Gasteiger partial charge in [-0.15, -0.1) is 0 Å². The quantitative estimate of drug-likeness (QED) is 0.440. The first-order valence-electron chi connectivity index (χ1n) is 9.52. The van der Waals surface area contributed by atoms with Crippen LogP contribution in [-0.2, 0) is 0 Å². The van der Waals surface area contributed by atoms with Crippen molar-refractivity contribution in [1.82, 2.24) is 0 Å². The van der Waals surface area contributed by atoms with Gasteiger partial charge in [0.05, 0.1) is 5.92 Å². The lowest BCUT2D eigenvalue weighted by Crippen LogP contribution is -2.35. The SMILES string of the molecule is CC1C=CCC(CCCC(C)C(C(C)C2CC2)C(F)(F)F)CC1. The molecule has 2 aliphatic carbocycles. The van der Waals surface area contributed by atoms with E-state index in [9.17, 15) is 13.2 Å². The topological polar surface area (TPSA) is 0 Å². The van der Waals surface area contributed by atoms with Crippen molar-refractivity contribution in [2.75, 3.05) is 0 Å². The highest BCUT2D eigenvalue weighted by molar-refractivity contribution is 4.92. The summed E-state index contributed by atoms with van der Waals surface area (Å²) in [5.41, 5.74) is 0. The molecule has 134 valence electrons. The number of rotatable bonds is 7. The highest BCUT2D eigenvalue weighted by Gasteiger charge is 2.49. The lowest BCUT2D eigenvalue weighted by Gasteiger charge is -2.32. The number of alkyl halides is 3. The first-order valence-corrected chi connectivity index (χ1v) is 9.52. The van der Waals surface area contributed by atoms with E-state index in [1.165, 1.54) is 12.8 Å². The standard InChI is InChI=1S/C20H33F3/c1-14-6-4-8-17(11-10-14)9-5-7-15(2)19(20(21,22)23)16(3)18-12-13-18/h4,6,14-19H,5,7-13H2,1-3H3. The molecule has 0 aliphatic heterocycles. The van der Waals surface area contributed by atoms with Gasteiger partial charge in [-0.2, -0.15) is 13.2 Å². The van der Waals surface area contributed by atoms with Crippen molar-refractivity contribution >= 4 is 0 Å². The summed E-state index contributed by atoms with van der Waals surface area (Å²) in [4.78, 5) is 0. The molecule has 5 unspecified atom stereocenters. The lowest BCUT2D eigenvalue weighted by atomic mass is 9.77. The second kappa shape index (κ2) is 8.07. The van der Waals surface area contributed by atoms with Gasteiger partial charge in [0.2, 0.25) is 0 Å². The fraction of sp³-hybridized carbons (Fsp3) is 0.900. The first kappa shape index (κ1) is 18.9. The molecular formula is C20H33F3. The second-order valence-corrected chi connectivity index (χ2v) is 8.26. The Labute approximate surface area is 139 Å². The van der Waals surface area contributed by atoms with Crippen LogP contribution in [0.25, 0.3) is 0 Å². The Morgan fingerprint density at radius 1 is 1.09 bits per heavy atom. The van der Waals surface area contributed by atoms with Gasteiger partial charge in [-0.3, -0.25) is 0 Å². The van der Waals surface area contributed by atoms with Gasteiger partial charge in [0.1, 0.15) is 0 Å². The monoisotopic (exact) mass is 330 g/mol. The van der Waals surface area contributed by atoms with E-state index in [0.717, 1.165) is 38.5 Å². The Bertz CT molecular complexity index is 381. The van der Waals surface area contributed by atoms with E-state index in [1.54, 1.807) is 0 Å². The van der Waals surface area contributed by atoms with Crippen LogP contribution in [0, 0.1) is 35.5 Å². The van der Waals surface area contributed by atoms with Crippen LogP contribution in [0.15, 0.2) is 12.2 Å². The zero-order valence-corrected chi connectivity index (χ0v) is 14.9. The van der Waals surface area contributed by atoms with Crippen molar-refractivity contribution < 1.29 is 13.2 Å². The Kier molecular flexibility index (Phi) is 6.62. The van der Waals surface area contributed by atoms with E-state index in [0.29, 0.717) is 17.8 Å². The first-order chi connectivity index (χ1) is 10.8. The van der Waals surface area contributed by atoms with E-state index in [4.69, 9.17) is 0 Å². The minimum Gasteiger partial charge on any atom is -0.171 e. The molecule has 2 rings (SSSR count). The molecule has 1 fully saturated rings. The zero-order chi connectivity index (χ0) is 17.0. The van der Waals surface area contributed by atoms with Gasteiger partial charge >= 0.3 is 6.18 Å². The third kappa shape index (κ3) is 5.83. The summed E-state index contributed by atoms with van der Waals surface area (Å²) in [6.45, 7) is 5.89. The van der Waals surface area contributed by atoms with Crippen molar-refractivity contribution in [3.05, 3.63) is 12.2 Å². The molecule has 0 amide bonds. The fourth-order valence-corrected chi connectivity index (χ4v) is 4.44. The van der Waals surface area contributed by atoms with Crippen molar-refractivity contribution in [3.8, 4) is 0 Å². The van der Waals surface area contributed by atoms with Crippen molar-refractivity contribution in [3.63, 3.8) is 0 Å². The summed E-state index contributed by atoms with van der Waals surface area (Å²) in [6, 6.07) is 0. The molecule has 0 spiro atoms. The minimum absolute atomic E-state index is 0.202. The van der Waals surface area contributed by atoms with Crippen LogP contribution in [0.2, 0.25) is 0 Å². The van der Waals surface area contributed by atoms with Crippen LogP contribution in [0.1, 0.15) is 72.1 Å². The third-order valence-electron chi connectivity index (χ3n) is 6.16. The molecule has 0 aromatic carbocycles. The van der Waals surface area contributed by atoms with Gasteiger partial charge in [-0.25, -0.2) is 0 Å². The summed E-state index contributed by atoms with van der Waals surface area (Å²) >= 11 is 0. The summed E-state index contributed by atoms with van der Waals surface area (Å²) < 4.78 is 40.4. The molecule has 0 saturated heterocycles. The zero-order valence-electron chi connectivity index (χ0n) is 14.9. The molecule has 5 atom stereocenters. The predicted octanol–water partition coefficient (Wildman–Crippen LogP) is 7.01. The van der Waals surface area contributed by atoms with Crippen LogP contribution >= 0.6 is 0 Å². The van der Waals surface area contributed by atoms with Gasteiger partial charge in [0, 0.05) is 0 Å². The number of allylic oxidation sites excluding steroid dienone is 2. The maximum Gasteiger partial charge on any atom is 0.392 e. The summed E-state index contributed by atoms with van der Waals surface area (Å²) in [7, 11) is 0. The van der Waals surface area contributed by atoms with Crippen LogP contribution < -0.4 is 0 Å². The van der Waals surface area contributed by atoms with E-state index in [2.05, 4.69) is 19.1 Å². The van der Waals surface area contributed by atoms with Crippen LogP contribution in [0.5, 0.6) is 0 Å². The van der Waals surface area contributed by atoms with E-state index in [-0.39, 0.29) is 11.8 Å². The van der Waals surface area contributed by atoms with Crippen LogP contribution in [-0.4, -0.2) is 6.18 Å². The molecule has 3 heteroatoms. The summed E-state index contributed by atoms with van der Waals surface area (Å²) in [6.07, 6.45) is 8.82. The molecule has 0 N–H and O–H groups in total. The van der Waals surface area contributed by atoms with Gasteiger partial charge in [-0.05, 0) is 61.7 Å². The van der Waals surface area contributed by atoms with E-state index >= 15 is 0 Å². The number of hydrogen-bond donors (Lipinski definition) is 0. The number of halogens is 3. The highest BCUT2D eigenvalue weighted by Crippen LogP contribution is 2.49. The summed E-state index contributed by atoms with van der Waals surface area (Å²) in [5, 5.41) is 0. The number of hydrogen-bond acceptors (Lipinski definition) is 0. The average molecular weight is 330 g/mol. The molecular weight excluding hydrogens is 297 g/mol. The largest absolute Gasteiger partial charge is 0.392 e. The van der Waals surface area contributed by atoms with Gasteiger partial charge in [-0.1, -0.05) is 52.2 Å². The molecule has 0 radical (unpaired) electrons. The Hall–Kier alpha value is -0.470. The van der Waals surface area contributed by atoms with Crippen molar-refractivity contribution in [1.29, 1.82) is 0 Å². The third-order valence-corrected chi connectivity index (χ3v) is 6.16. The molecule has 0 aromatic heterocycles. The van der Waals surface area contributed by atoms with Gasteiger partial charge in [0.15, 0.2) is 0 Å². The molecule has 0 nitrogen and oxygen atoms in total. The molecule has 2 aliphatic rings. The van der Waals surface area contributed by atoms with E-state index in [1.807, 2.05) is 13.8 Å². The maximum absolute atomic E-state index is 13.5. The predicted molar refractivity (Wildman–Crippen MR) is 90.1 cm³/mol. The highest BCUT2D eigenvalue weighted by atomic mass is 19.4. The summed E-state index contributed by atoms with van der Waals surface area (Å²) in [5.74, 6) is 0.0978. The lowest BCUT2D eigenvalue weighted by molar-refractivity contribution is -0.204. The minimum atomic E-state index is -4.04.